The third kappa shape index (κ3) is 3.75. The topological polar surface area (TPSA) is 144 Å². The highest BCUT2D eigenvalue weighted by Gasteiger charge is 2.28. The maximum Gasteiger partial charge on any atom is 0.328 e. The van der Waals surface area contributed by atoms with Crippen molar-refractivity contribution in [1.82, 2.24) is 20.8 Å². The molecule has 1 aromatic heterocycles. The Morgan fingerprint density at radius 1 is 1.19 bits per heavy atom. The van der Waals surface area contributed by atoms with Gasteiger partial charge >= 0.3 is 6.03 Å². The van der Waals surface area contributed by atoms with E-state index in [1.807, 2.05) is 10.6 Å². The second kappa shape index (κ2) is 7.01. The number of hydrogen-bond acceptors (Lipinski definition) is 9. The fourth-order valence-electron chi connectivity index (χ4n) is 2.04. The van der Waals surface area contributed by atoms with Crippen molar-refractivity contribution in [3.63, 3.8) is 0 Å². The summed E-state index contributed by atoms with van der Waals surface area (Å²) in [6.45, 7) is 1.77. The standard InChI is InChI=1S/C14H9N5O5S2/c1-6-17-18-14(25-6)26-10-3-2-7(5-9(10)19(23)24)4-8-11(20)15-13(22)16-12(8)21/h2-5H,1H3,(H2,15,16,20,21,22). The van der Waals surface area contributed by atoms with Gasteiger partial charge in [-0.05, 0) is 24.6 Å². The molecule has 132 valence electrons. The van der Waals surface area contributed by atoms with E-state index in [0.29, 0.717) is 9.24 Å². The summed E-state index contributed by atoms with van der Waals surface area (Å²) in [5.74, 6) is -1.74. The van der Waals surface area contributed by atoms with Crippen LogP contribution in [0.15, 0.2) is 33.0 Å². The highest BCUT2D eigenvalue weighted by molar-refractivity contribution is 8.01. The number of urea groups is 1. The number of hydrogen-bond donors (Lipinski definition) is 2. The average Bonchev–Trinajstić information content (AvgIpc) is 2.97. The maximum absolute atomic E-state index is 11.7. The van der Waals surface area contributed by atoms with Crippen LogP contribution in [0.5, 0.6) is 0 Å². The second-order valence-electron chi connectivity index (χ2n) is 4.97. The van der Waals surface area contributed by atoms with Gasteiger partial charge in [-0.1, -0.05) is 29.2 Å². The molecule has 0 aliphatic carbocycles. The molecule has 2 aromatic rings. The third-order valence-corrected chi connectivity index (χ3v) is 5.09. The van der Waals surface area contributed by atoms with E-state index in [4.69, 9.17) is 0 Å². The normalized spacial score (nSPS) is 14.0. The van der Waals surface area contributed by atoms with Crippen LogP contribution in [0.25, 0.3) is 6.08 Å². The fraction of sp³-hybridized carbons (Fsp3) is 0.0714. The number of carbonyl (C=O) groups excluding carboxylic acids is 3. The molecule has 0 bridgehead atoms. The molecule has 1 aliphatic heterocycles. The van der Waals surface area contributed by atoms with Gasteiger partial charge in [-0.25, -0.2) is 4.79 Å². The number of nitrogens with one attached hydrogen (secondary N) is 2. The summed E-state index contributed by atoms with van der Waals surface area (Å²) in [5, 5.41) is 23.7. The van der Waals surface area contributed by atoms with Crippen LogP contribution >= 0.6 is 23.1 Å². The molecular weight excluding hydrogens is 382 g/mol. The number of nitrogens with zero attached hydrogens (tertiary/aromatic N) is 3. The molecule has 0 saturated carbocycles. The second-order valence-corrected chi connectivity index (χ2v) is 7.44. The van der Waals surface area contributed by atoms with Gasteiger partial charge in [0.25, 0.3) is 17.5 Å². The van der Waals surface area contributed by atoms with E-state index in [1.54, 1.807) is 6.92 Å². The first-order chi connectivity index (χ1) is 12.3. The van der Waals surface area contributed by atoms with Crippen molar-refractivity contribution >= 4 is 52.7 Å². The first-order valence-corrected chi connectivity index (χ1v) is 8.61. The molecule has 0 unspecified atom stereocenters. The van der Waals surface area contributed by atoms with Gasteiger partial charge in [-0.3, -0.25) is 30.3 Å². The molecular formula is C14H9N5O5S2. The Morgan fingerprint density at radius 2 is 1.88 bits per heavy atom. The van der Waals surface area contributed by atoms with Gasteiger partial charge in [0.1, 0.15) is 10.6 Å². The molecule has 0 atom stereocenters. The van der Waals surface area contributed by atoms with Crippen molar-refractivity contribution in [2.24, 2.45) is 0 Å². The molecule has 12 heteroatoms. The number of nitro benzene ring substituents is 1. The number of rotatable bonds is 4. The van der Waals surface area contributed by atoms with Crippen LogP contribution in [-0.2, 0) is 9.59 Å². The number of carbonyl (C=O) groups is 3. The first-order valence-electron chi connectivity index (χ1n) is 6.98. The van der Waals surface area contributed by atoms with Gasteiger partial charge < -0.3 is 0 Å². The smallest absolute Gasteiger partial charge is 0.273 e. The minimum atomic E-state index is -0.915. The number of nitro groups is 1. The molecule has 0 radical (unpaired) electrons. The average molecular weight is 391 g/mol. The lowest BCUT2D eigenvalue weighted by atomic mass is 10.1. The lowest BCUT2D eigenvalue weighted by Crippen LogP contribution is -2.51. The molecule has 1 aliphatic rings. The van der Waals surface area contributed by atoms with Gasteiger partial charge in [0.2, 0.25) is 0 Å². The molecule has 26 heavy (non-hydrogen) atoms. The molecule has 3 rings (SSSR count). The highest BCUT2D eigenvalue weighted by Crippen LogP contribution is 2.36. The largest absolute Gasteiger partial charge is 0.328 e. The van der Waals surface area contributed by atoms with Crippen LogP contribution in [0.2, 0.25) is 0 Å². The van der Waals surface area contributed by atoms with Crippen molar-refractivity contribution in [1.29, 1.82) is 0 Å². The number of amides is 4. The fourth-order valence-corrected chi connectivity index (χ4v) is 3.90. The monoisotopic (exact) mass is 391 g/mol. The molecule has 10 nitrogen and oxygen atoms in total. The summed E-state index contributed by atoms with van der Waals surface area (Å²) < 4.78 is 0.557. The van der Waals surface area contributed by atoms with E-state index in [9.17, 15) is 24.5 Å². The van der Waals surface area contributed by atoms with E-state index in [0.717, 1.165) is 16.8 Å². The predicted molar refractivity (Wildman–Crippen MR) is 91.5 cm³/mol. The first kappa shape index (κ1) is 17.7. The maximum atomic E-state index is 11.7. The predicted octanol–water partition coefficient (Wildman–Crippen LogP) is 1.66. The van der Waals surface area contributed by atoms with Crippen LogP contribution in [0, 0.1) is 17.0 Å². The molecule has 1 saturated heterocycles. The van der Waals surface area contributed by atoms with E-state index in [1.165, 1.54) is 35.6 Å². The van der Waals surface area contributed by atoms with Crippen molar-refractivity contribution in [3.8, 4) is 0 Å². The summed E-state index contributed by atoms with van der Waals surface area (Å²) in [7, 11) is 0. The van der Waals surface area contributed by atoms with Gasteiger partial charge in [0.05, 0.1) is 9.82 Å². The van der Waals surface area contributed by atoms with Gasteiger partial charge in [0, 0.05) is 6.07 Å². The van der Waals surface area contributed by atoms with E-state index < -0.39 is 22.8 Å². The van der Waals surface area contributed by atoms with Crippen molar-refractivity contribution < 1.29 is 19.3 Å². The van der Waals surface area contributed by atoms with Crippen LogP contribution in [0.3, 0.4) is 0 Å². The van der Waals surface area contributed by atoms with Crippen LogP contribution in [-0.4, -0.2) is 33.0 Å². The lowest BCUT2D eigenvalue weighted by molar-refractivity contribution is -0.387. The quantitative estimate of drug-likeness (QED) is 0.346. The van der Waals surface area contributed by atoms with Crippen LogP contribution in [0.4, 0.5) is 10.5 Å². The summed E-state index contributed by atoms with van der Waals surface area (Å²) in [5.41, 5.74) is -0.256. The minimum Gasteiger partial charge on any atom is -0.273 e. The van der Waals surface area contributed by atoms with Crippen LogP contribution < -0.4 is 10.6 Å². The van der Waals surface area contributed by atoms with Crippen molar-refractivity contribution in [3.05, 3.63) is 44.5 Å². The van der Waals surface area contributed by atoms with Crippen LogP contribution in [0.1, 0.15) is 10.6 Å². The Balaban J connectivity index is 1.95. The molecule has 1 fully saturated rings. The highest BCUT2D eigenvalue weighted by atomic mass is 32.2. The number of imide groups is 2. The minimum absolute atomic E-state index is 0.204. The summed E-state index contributed by atoms with van der Waals surface area (Å²) in [6.07, 6.45) is 1.17. The Kier molecular flexibility index (Phi) is 4.77. The zero-order valence-corrected chi connectivity index (χ0v) is 14.6. The SMILES string of the molecule is Cc1nnc(Sc2ccc(C=C3C(=O)NC(=O)NC3=O)cc2[N+](=O)[O-])s1. The molecule has 2 N–H and O–H groups in total. The van der Waals surface area contributed by atoms with Gasteiger partial charge in [-0.2, -0.15) is 0 Å². The Morgan fingerprint density at radius 3 is 2.46 bits per heavy atom. The number of barbiturate groups is 1. The number of aromatic nitrogens is 2. The summed E-state index contributed by atoms with van der Waals surface area (Å²) in [6, 6.07) is 3.34. The zero-order valence-electron chi connectivity index (χ0n) is 13.0. The zero-order chi connectivity index (χ0) is 18.8. The van der Waals surface area contributed by atoms with E-state index >= 15 is 0 Å². The Bertz CT molecular complexity index is 962. The van der Waals surface area contributed by atoms with Crippen molar-refractivity contribution in [2.75, 3.05) is 0 Å². The van der Waals surface area contributed by atoms with Crippen molar-refractivity contribution in [2.45, 2.75) is 16.2 Å². The molecule has 2 heterocycles. The third-order valence-electron chi connectivity index (χ3n) is 3.14. The lowest BCUT2D eigenvalue weighted by Gasteiger charge is -2.13. The van der Waals surface area contributed by atoms with E-state index in [-0.39, 0.29) is 16.8 Å². The number of benzene rings is 1. The Labute approximate surface area is 153 Å². The number of aryl methyl sites for hydroxylation is 1. The summed E-state index contributed by atoms with van der Waals surface area (Å²) >= 11 is 2.40. The molecule has 0 spiro atoms. The molecule has 4 amide bonds. The molecule has 1 aromatic carbocycles. The summed E-state index contributed by atoms with van der Waals surface area (Å²) in [4.78, 5) is 45.7. The Hall–Kier alpha value is -3.12. The van der Waals surface area contributed by atoms with Gasteiger partial charge in [0.15, 0.2) is 4.34 Å². The van der Waals surface area contributed by atoms with E-state index in [2.05, 4.69) is 10.2 Å². The van der Waals surface area contributed by atoms with Gasteiger partial charge in [-0.15, -0.1) is 10.2 Å².